The SMILES string of the molecule is CCCCCN1CC(CCN)CC1(C)C. The van der Waals surface area contributed by atoms with Gasteiger partial charge in [-0.25, -0.2) is 0 Å². The monoisotopic (exact) mass is 212 g/mol. The molecule has 90 valence electrons. The van der Waals surface area contributed by atoms with Gasteiger partial charge in [0.2, 0.25) is 0 Å². The Hall–Kier alpha value is -0.0800. The second kappa shape index (κ2) is 5.86. The van der Waals surface area contributed by atoms with Crippen LogP contribution < -0.4 is 5.73 Å². The summed E-state index contributed by atoms with van der Waals surface area (Å²) in [6.07, 6.45) is 6.58. The summed E-state index contributed by atoms with van der Waals surface area (Å²) in [7, 11) is 0. The molecule has 15 heavy (non-hydrogen) atoms. The molecule has 0 amide bonds. The van der Waals surface area contributed by atoms with E-state index in [1.54, 1.807) is 0 Å². The van der Waals surface area contributed by atoms with Gasteiger partial charge in [0.15, 0.2) is 0 Å². The molecule has 1 saturated heterocycles. The van der Waals surface area contributed by atoms with E-state index < -0.39 is 0 Å². The minimum absolute atomic E-state index is 0.410. The fourth-order valence-corrected chi connectivity index (χ4v) is 2.83. The van der Waals surface area contributed by atoms with Crippen LogP contribution in [0.25, 0.3) is 0 Å². The molecule has 0 saturated carbocycles. The Morgan fingerprint density at radius 1 is 1.33 bits per heavy atom. The van der Waals surface area contributed by atoms with Crippen LogP contribution >= 0.6 is 0 Å². The highest BCUT2D eigenvalue weighted by Crippen LogP contribution is 2.34. The van der Waals surface area contributed by atoms with E-state index in [1.807, 2.05) is 0 Å². The molecule has 0 bridgehead atoms. The lowest BCUT2D eigenvalue weighted by Crippen LogP contribution is -2.38. The number of nitrogens with two attached hydrogens (primary N) is 1. The number of unbranched alkanes of at least 4 members (excludes halogenated alkanes) is 2. The number of likely N-dealkylation sites (tertiary alicyclic amines) is 1. The average molecular weight is 212 g/mol. The number of rotatable bonds is 6. The van der Waals surface area contributed by atoms with Crippen molar-refractivity contribution < 1.29 is 0 Å². The van der Waals surface area contributed by atoms with E-state index in [1.165, 1.54) is 45.2 Å². The fourth-order valence-electron chi connectivity index (χ4n) is 2.83. The van der Waals surface area contributed by atoms with Crippen LogP contribution in [-0.4, -0.2) is 30.1 Å². The van der Waals surface area contributed by atoms with Gasteiger partial charge in [-0.1, -0.05) is 19.8 Å². The summed E-state index contributed by atoms with van der Waals surface area (Å²) in [6.45, 7) is 10.4. The predicted molar refractivity (Wildman–Crippen MR) is 67.0 cm³/mol. The van der Waals surface area contributed by atoms with Gasteiger partial charge in [0.25, 0.3) is 0 Å². The summed E-state index contributed by atoms with van der Waals surface area (Å²) in [5.74, 6) is 0.839. The van der Waals surface area contributed by atoms with Crippen molar-refractivity contribution in [1.29, 1.82) is 0 Å². The standard InChI is InChI=1S/C13H28N2/c1-4-5-6-9-15-11-12(7-8-14)10-13(15,2)3/h12H,4-11,14H2,1-3H3. The van der Waals surface area contributed by atoms with Crippen LogP contribution in [0.2, 0.25) is 0 Å². The van der Waals surface area contributed by atoms with Crippen molar-refractivity contribution in [3.8, 4) is 0 Å². The molecule has 1 aliphatic heterocycles. The topological polar surface area (TPSA) is 29.3 Å². The molecular formula is C13H28N2. The third-order valence-electron chi connectivity index (χ3n) is 3.73. The Bertz CT molecular complexity index is 177. The molecule has 1 atom stereocenters. The van der Waals surface area contributed by atoms with Gasteiger partial charge in [-0.05, 0) is 52.1 Å². The number of hydrogen-bond acceptors (Lipinski definition) is 2. The molecule has 0 aromatic carbocycles. The Morgan fingerprint density at radius 2 is 2.07 bits per heavy atom. The van der Waals surface area contributed by atoms with Crippen molar-refractivity contribution in [3.63, 3.8) is 0 Å². The second-order valence-corrected chi connectivity index (χ2v) is 5.61. The molecule has 1 heterocycles. The minimum atomic E-state index is 0.410. The summed E-state index contributed by atoms with van der Waals surface area (Å²) in [4.78, 5) is 2.67. The van der Waals surface area contributed by atoms with Crippen molar-refractivity contribution in [1.82, 2.24) is 4.90 Å². The zero-order chi connectivity index (χ0) is 11.3. The zero-order valence-electron chi connectivity index (χ0n) is 10.8. The highest BCUT2D eigenvalue weighted by atomic mass is 15.2. The van der Waals surface area contributed by atoms with E-state index in [0.29, 0.717) is 5.54 Å². The Balaban J connectivity index is 2.36. The first kappa shape index (κ1) is 13.0. The molecule has 0 aliphatic carbocycles. The lowest BCUT2D eigenvalue weighted by molar-refractivity contribution is 0.171. The van der Waals surface area contributed by atoms with Crippen molar-refractivity contribution in [2.45, 2.75) is 58.4 Å². The second-order valence-electron chi connectivity index (χ2n) is 5.61. The van der Waals surface area contributed by atoms with Crippen molar-refractivity contribution in [3.05, 3.63) is 0 Å². The van der Waals surface area contributed by atoms with Gasteiger partial charge in [0.05, 0.1) is 0 Å². The van der Waals surface area contributed by atoms with Crippen LogP contribution in [0.15, 0.2) is 0 Å². The zero-order valence-corrected chi connectivity index (χ0v) is 10.8. The molecule has 1 rings (SSSR count). The maximum Gasteiger partial charge on any atom is 0.0156 e. The van der Waals surface area contributed by atoms with E-state index in [2.05, 4.69) is 25.7 Å². The summed E-state index contributed by atoms with van der Waals surface area (Å²) in [6, 6.07) is 0. The molecule has 0 aromatic heterocycles. The van der Waals surface area contributed by atoms with Crippen LogP contribution in [0.4, 0.5) is 0 Å². The molecular weight excluding hydrogens is 184 g/mol. The molecule has 2 nitrogen and oxygen atoms in total. The molecule has 1 aliphatic rings. The van der Waals surface area contributed by atoms with Crippen molar-refractivity contribution in [2.24, 2.45) is 11.7 Å². The van der Waals surface area contributed by atoms with E-state index >= 15 is 0 Å². The molecule has 1 fully saturated rings. The van der Waals surface area contributed by atoms with Crippen LogP contribution in [0.5, 0.6) is 0 Å². The lowest BCUT2D eigenvalue weighted by atomic mass is 9.94. The van der Waals surface area contributed by atoms with Gasteiger partial charge >= 0.3 is 0 Å². The first-order valence-corrected chi connectivity index (χ1v) is 6.55. The maximum atomic E-state index is 5.65. The first-order valence-electron chi connectivity index (χ1n) is 6.55. The third kappa shape index (κ3) is 3.76. The summed E-state index contributed by atoms with van der Waals surface area (Å²) in [5.41, 5.74) is 6.06. The summed E-state index contributed by atoms with van der Waals surface area (Å²) < 4.78 is 0. The van der Waals surface area contributed by atoms with Crippen LogP contribution in [0.3, 0.4) is 0 Å². The number of hydrogen-bond donors (Lipinski definition) is 1. The van der Waals surface area contributed by atoms with E-state index in [9.17, 15) is 0 Å². The van der Waals surface area contributed by atoms with Gasteiger partial charge < -0.3 is 5.73 Å². The normalized spacial score (nSPS) is 26.0. The van der Waals surface area contributed by atoms with Crippen LogP contribution in [-0.2, 0) is 0 Å². The summed E-state index contributed by atoms with van der Waals surface area (Å²) >= 11 is 0. The fraction of sp³-hybridized carbons (Fsp3) is 1.00. The van der Waals surface area contributed by atoms with Crippen molar-refractivity contribution in [2.75, 3.05) is 19.6 Å². The van der Waals surface area contributed by atoms with E-state index in [0.717, 1.165) is 12.5 Å². The Kier molecular flexibility index (Phi) is 5.07. The molecule has 0 spiro atoms. The Morgan fingerprint density at radius 3 is 2.67 bits per heavy atom. The quantitative estimate of drug-likeness (QED) is 0.686. The van der Waals surface area contributed by atoms with Gasteiger partial charge in [-0.15, -0.1) is 0 Å². The van der Waals surface area contributed by atoms with Gasteiger partial charge in [-0.2, -0.15) is 0 Å². The molecule has 1 unspecified atom stereocenters. The van der Waals surface area contributed by atoms with E-state index in [-0.39, 0.29) is 0 Å². The Labute approximate surface area is 95.2 Å². The predicted octanol–water partition coefficient (Wildman–Crippen LogP) is 2.63. The van der Waals surface area contributed by atoms with E-state index in [4.69, 9.17) is 5.73 Å². The lowest BCUT2D eigenvalue weighted by Gasteiger charge is -2.31. The van der Waals surface area contributed by atoms with Crippen LogP contribution in [0, 0.1) is 5.92 Å². The van der Waals surface area contributed by atoms with Gasteiger partial charge in [0, 0.05) is 12.1 Å². The summed E-state index contributed by atoms with van der Waals surface area (Å²) in [5, 5.41) is 0. The van der Waals surface area contributed by atoms with Gasteiger partial charge in [0.1, 0.15) is 0 Å². The molecule has 2 heteroatoms. The minimum Gasteiger partial charge on any atom is -0.330 e. The van der Waals surface area contributed by atoms with Gasteiger partial charge in [-0.3, -0.25) is 4.90 Å². The molecule has 2 N–H and O–H groups in total. The number of nitrogens with zero attached hydrogens (tertiary/aromatic N) is 1. The smallest absolute Gasteiger partial charge is 0.0156 e. The third-order valence-corrected chi connectivity index (χ3v) is 3.73. The van der Waals surface area contributed by atoms with Crippen LogP contribution in [0.1, 0.15) is 52.9 Å². The maximum absolute atomic E-state index is 5.65. The van der Waals surface area contributed by atoms with Crippen molar-refractivity contribution >= 4 is 0 Å². The molecule has 0 aromatic rings. The average Bonchev–Trinajstić information content (AvgIpc) is 2.42. The first-order chi connectivity index (χ1) is 7.10. The largest absolute Gasteiger partial charge is 0.330 e. The highest BCUT2D eigenvalue weighted by Gasteiger charge is 2.36. The molecule has 0 radical (unpaired) electrons. The highest BCUT2D eigenvalue weighted by molar-refractivity contribution is 4.92.